The van der Waals surface area contributed by atoms with Crippen molar-refractivity contribution in [3.8, 4) is 5.82 Å². The molecule has 2 heterocycles. The van der Waals surface area contributed by atoms with Gasteiger partial charge in [0, 0.05) is 11.9 Å². The van der Waals surface area contributed by atoms with Crippen LogP contribution in [0.5, 0.6) is 0 Å². The van der Waals surface area contributed by atoms with Crippen LogP contribution in [0, 0.1) is 0 Å². The van der Waals surface area contributed by atoms with Crippen LogP contribution in [-0.2, 0) is 4.74 Å². The minimum Gasteiger partial charge on any atom is -0.464 e. The Labute approximate surface area is 105 Å². The van der Waals surface area contributed by atoms with Crippen molar-refractivity contribution in [1.29, 1.82) is 0 Å². The molecule has 18 heavy (non-hydrogen) atoms. The number of aromatic nitrogens is 4. The largest absolute Gasteiger partial charge is 0.464 e. The molecule has 0 aliphatic carbocycles. The standard InChI is InChI=1S/C12H14N4O2/c1-8(2)10-7-9(12(17)18-3)15-16(10)11-5-4-6-13-14-11/h4-8H,1-3H3. The number of hydrogen-bond acceptors (Lipinski definition) is 5. The Balaban J connectivity index is 2.52. The first-order valence-electron chi connectivity index (χ1n) is 5.60. The van der Waals surface area contributed by atoms with E-state index in [1.165, 1.54) is 7.11 Å². The Morgan fingerprint density at radius 1 is 1.44 bits per heavy atom. The third-order valence-corrected chi connectivity index (χ3v) is 2.50. The zero-order valence-corrected chi connectivity index (χ0v) is 10.5. The third-order valence-electron chi connectivity index (χ3n) is 2.50. The van der Waals surface area contributed by atoms with E-state index in [2.05, 4.69) is 20.0 Å². The van der Waals surface area contributed by atoms with Crippen LogP contribution in [0.4, 0.5) is 0 Å². The van der Waals surface area contributed by atoms with E-state index >= 15 is 0 Å². The quantitative estimate of drug-likeness (QED) is 0.769. The van der Waals surface area contributed by atoms with Gasteiger partial charge in [-0.3, -0.25) is 0 Å². The fraction of sp³-hybridized carbons (Fsp3) is 0.333. The molecule has 2 rings (SSSR count). The number of rotatable bonds is 3. The van der Waals surface area contributed by atoms with E-state index < -0.39 is 5.97 Å². The minimum absolute atomic E-state index is 0.206. The molecule has 0 saturated heterocycles. The van der Waals surface area contributed by atoms with Crippen molar-refractivity contribution >= 4 is 5.97 Å². The molecule has 0 aromatic carbocycles. The molecular formula is C12H14N4O2. The monoisotopic (exact) mass is 246 g/mol. The molecule has 0 fully saturated rings. The highest BCUT2D eigenvalue weighted by Gasteiger charge is 2.18. The second-order valence-corrected chi connectivity index (χ2v) is 4.09. The zero-order valence-electron chi connectivity index (χ0n) is 10.5. The summed E-state index contributed by atoms with van der Waals surface area (Å²) >= 11 is 0. The van der Waals surface area contributed by atoms with E-state index in [-0.39, 0.29) is 11.6 Å². The van der Waals surface area contributed by atoms with E-state index in [4.69, 9.17) is 0 Å². The number of hydrogen-bond donors (Lipinski definition) is 0. The number of carbonyl (C=O) groups is 1. The SMILES string of the molecule is COC(=O)c1cc(C(C)C)n(-c2cccnn2)n1. The summed E-state index contributed by atoms with van der Waals surface area (Å²) in [6, 6.07) is 5.27. The van der Waals surface area contributed by atoms with Crippen LogP contribution in [0.25, 0.3) is 5.82 Å². The molecule has 0 unspecified atom stereocenters. The van der Waals surface area contributed by atoms with E-state index in [0.717, 1.165) is 5.69 Å². The highest BCUT2D eigenvalue weighted by Crippen LogP contribution is 2.19. The van der Waals surface area contributed by atoms with Crippen molar-refractivity contribution < 1.29 is 9.53 Å². The molecule has 0 radical (unpaired) electrons. The first-order valence-corrected chi connectivity index (χ1v) is 5.60. The smallest absolute Gasteiger partial charge is 0.358 e. The van der Waals surface area contributed by atoms with E-state index in [1.54, 1.807) is 29.1 Å². The zero-order chi connectivity index (χ0) is 13.1. The molecule has 2 aromatic rings. The van der Waals surface area contributed by atoms with Crippen LogP contribution in [0.2, 0.25) is 0 Å². The molecule has 6 heteroatoms. The van der Waals surface area contributed by atoms with Gasteiger partial charge in [0.2, 0.25) is 0 Å². The van der Waals surface area contributed by atoms with E-state index in [1.807, 2.05) is 13.8 Å². The van der Waals surface area contributed by atoms with Gasteiger partial charge in [0.15, 0.2) is 11.5 Å². The first-order chi connectivity index (χ1) is 8.63. The van der Waals surface area contributed by atoms with Gasteiger partial charge in [-0.05, 0) is 24.1 Å². The maximum absolute atomic E-state index is 11.5. The molecular weight excluding hydrogens is 232 g/mol. The summed E-state index contributed by atoms with van der Waals surface area (Å²) in [4.78, 5) is 11.5. The predicted molar refractivity (Wildman–Crippen MR) is 64.6 cm³/mol. The van der Waals surface area contributed by atoms with Crippen LogP contribution in [0.3, 0.4) is 0 Å². The van der Waals surface area contributed by atoms with E-state index in [9.17, 15) is 4.79 Å². The van der Waals surface area contributed by atoms with Crippen LogP contribution in [0.15, 0.2) is 24.4 Å². The van der Waals surface area contributed by atoms with Gasteiger partial charge >= 0.3 is 5.97 Å². The molecule has 2 aromatic heterocycles. The lowest BCUT2D eigenvalue weighted by Crippen LogP contribution is -2.07. The topological polar surface area (TPSA) is 69.9 Å². The average molecular weight is 246 g/mol. The lowest BCUT2D eigenvalue weighted by Gasteiger charge is -2.07. The number of nitrogens with zero attached hydrogens (tertiary/aromatic N) is 4. The van der Waals surface area contributed by atoms with Crippen LogP contribution in [-0.4, -0.2) is 33.1 Å². The molecule has 0 atom stereocenters. The molecule has 0 spiro atoms. The summed E-state index contributed by atoms with van der Waals surface area (Å²) in [7, 11) is 1.33. The predicted octanol–water partition coefficient (Wildman–Crippen LogP) is 1.57. The number of esters is 1. The van der Waals surface area contributed by atoms with Crippen molar-refractivity contribution in [3.63, 3.8) is 0 Å². The second-order valence-electron chi connectivity index (χ2n) is 4.09. The maximum Gasteiger partial charge on any atom is 0.358 e. The summed E-state index contributed by atoms with van der Waals surface area (Å²) in [5, 5.41) is 12.0. The van der Waals surface area contributed by atoms with Gasteiger partial charge in [0.05, 0.1) is 7.11 Å². The van der Waals surface area contributed by atoms with Crippen molar-refractivity contribution in [2.45, 2.75) is 19.8 Å². The normalized spacial score (nSPS) is 10.7. The van der Waals surface area contributed by atoms with Crippen LogP contribution in [0.1, 0.15) is 35.9 Å². The van der Waals surface area contributed by atoms with Gasteiger partial charge in [-0.1, -0.05) is 13.8 Å². The van der Waals surface area contributed by atoms with Crippen LogP contribution >= 0.6 is 0 Å². The van der Waals surface area contributed by atoms with Gasteiger partial charge < -0.3 is 4.74 Å². The molecule has 6 nitrogen and oxygen atoms in total. The van der Waals surface area contributed by atoms with Gasteiger partial charge in [0.1, 0.15) is 0 Å². The molecule has 0 N–H and O–H groups in total. The van der Waals surface area contributed by atoms with Gasteiger partial charge in [-0.15, -0.1) is 5.10 Å². The fourth-order valence-electron chi connectivity index (χ4n) is 1.60. The summed E-state index contributed by atoms with van der Waals surface area (Å²) in [6.45, 7) is 4.04. The molecule has 0 aliphatic rings. The summed E-state index contributed by atoms with van der Waals surface area (Å²) in [5.41, 5.74) is 1.16. The Morgan fingerprint density at radius 3 is 2.78 bits per heavy atom. The molecule has 94 valence electrons. The second kappa shape index (κ2) is 4.95. The number of methoxy groups -OCH3 is 1. The maximum atomic E-state index is 11.5. The van der Waals surface area contributed by atoms with E-state index in [0.29, 0.717) is 5.82 Å². The molecule has 0 saturated carbocycles. The average Bonchev–Trinajstić information content (AvgIpc) is 2.84. The first kappa shape index (κ1) is 12.2. The lowest BCUT2D eigenvalue weighted by molar-refractivity contribution is 0.0593. The molecule has 0 bridgehead atoms. The van der Waals surface area contributed by atoms with Crippen LogP contribution < -0.4 is 0 Å². The van der Waals surface area contributed by atoms with Gasteiger partial charge in [-0.25, -0.2) is 9.48 Å². The summed E-state index contributed by atoms with van der Waals surface area (Å²) < 4.78 is 6.28. The minimum atomic E-state index is -0.459. The number of carbonyl (C=O) groups excluding carboxylic acids is 1. The van der Waals surface area contributed by atoms with Gasteiger partial charge in [-0.2, -0.15) is 10.2 Å². The fourth-order valence-corrected chi connectivity index (χ4v) is 1.60. The van der Waals surface area contributed by atoms with Crippen molar-refractivity contribution in [1.82, 2.24) is 20.0 Å². The number of ether oxygens (including phenoxy) is 1. The Kier molecular flexibility index (Phi) is 3.36. The van der Waals surface area contributed by atoms with Gasteiger partial charge in [0.25, 0.3) is 0 Å². The Morgan fingerprint density at radius 2 is 2.22 bits per heavy atom. The Bertz CT molecular complexity index is 548. The van der Waals surface area contributed by atoms with Crippen molar-refractivity contribution in [2.75, 3.05) is 7.11 Å². The molecule has 0 amide bonds. The summed E-state index contributed by atoms with van der Waals surface area (Å²) in [5.74, 6) is 0.328. The van der Waals surface area contributed by atoms with Crippen molar-refractivity contribution in [2.24, 2.45) is 0 Å². The lowest BCUT2D eigenvalue weighted by atomic mass is 10.1. The van der Waals surface area contributed by atoms with Crippen molar-refractivity contribution in [3.05, 3.63) is 35.8 Å². The molecule has 0 aliphatic heterocycles. The highest BCUT2D eigenvalue weighted by atomic mass is 16.5. The highest BCUT2D eigenvalue weighted by molar-refractivity contribution is 5.87. The third kappa shape index (κ3) is 2.22. The Hall–Kier alpha value is -2.24. The summed E-state index contributed by atoms with van der Waals surface area (Å²) in [6.07, 6.45) is 1.59.